The lowest BCUT2D eigenvalue weighted by molar-refractivity contribution is -0.113. The first-order valence-corrected chi connectivity index (χ1v) is 12.1. The number of esters is 1. The summed E-state index contributed by atoms with van der Waals surface area (Å²) in [6.07, 6.45) is 1.64. The highest BCUT2D eigenvalue weighted by atomic mass is 32.2. The van der Waals surface area contributed by atoms with Crippen LogP contribution in [0.5, 0.6) is 0 Å². The number of halogens is 1. The van der Waals surface area contributed by atoms with E-state index < -0.39 is 23.7 Å². The molecule has 1 aromatic heterocycles. The number of ether oxygens (including phenoxy) is 1. The number of thioether (sulfide) groups is 1. The molecule has 0 fully saturated rings. The molecule has 36 heavy (non-hydrogen) atoms. The van der Waals surface area contributed by atoms with E-state index in [1.807, 2.05) is 0 Å². The summed E-state index contributed by atoms with van der Waals surface area (Å²) in [5.74, 6) is -1.52. The zero-order chi connectivity index (χ0) is 26.1. The minimum absolute atomic E-state index is 0.0227. The normalized spacial score (nSPS) is 11.4. The van der Waals surface area contributed by atoms with Gasteiger partial charge in [-0.1, -0.05) is 36.0 Å². The van der Waals surface area contributed by atoms with Crippen molar-refractivity contribution in [2.75, 3.05) is 17.7 Å². The van der Waals surface area contributed by atoms with E-state index in [0.29, 0.717) is 28.8 Å². The highest BCUT2D eigenvalue weighted by Crippen LogP contribution is 2.22. The van der Waals surface area contributed by atoms with E-state index in [0.717, 1.165) is 11.8 Å². The van der Waals surface area contributed by atoms with Crippen LogP contribution in [0.2, 0.25) is 0 Å². The zero-order valence-electron chi connectivity index (χ0n) is 19.9. The van der Waals surface area contributed by atoms with Gasteiger partial charge in [-0.3, -0.25) is 9.59 Å². The quantitative estimate of drug-likeness (QED) is 0.227. The van der Waals surface area contributed by atoms with Gasteiger partial charge in [-0.05, 0) is 44.2 Å². The Bertz CT molecular complexity index is 1260. The monoisotopic (exact) mass is 511 g/mol. The average molecular weight is 512 g/mol. The lowest BCUT2D eigenvalue weighted by Crippen LogP contribution is -2.29. The molecule has 2 N–H and O–H groups in total. The summed E-state index contributed by atoms with van der Waals surface area (Å²) in [4.78, 5) is 36.9. The standard InChI is InChI=1S/C25H26FN5O4S/c1-4-13-31-22(16(3)27-23(33)19-11-6-7-12-20(19)26)29-30-25(31)36-15-21(32)28-18-10-8-9-17(14-18)24(34)35-5-2/h4,6-12,14,16H,1,5,13,15H2,2-3H3,(H,27,33)(H,28,32)/t16-/m1/s1. The Kier molecular flexibility index (Phi) is 9.34. The molecule has 0 unspecified atom stereocenters. The summed E-state index contributed by atoms with van der Waals surface area (Å²) < 4.78 is 20.7. The molecule has 0 aliphatic heterocycles. The van der Waals surface area contributed by atoms with Crippen LogP contribution in [-0.4, -0.2) is 44.9 Å². The molecule has 0 aliphatic carbocycles. The molecule has 0 aliphatic rings. The molecule has 1 heterocycles. The Balaban J connectivity index is 1.65. The van der Waals surface area contributed by atoms with E-state index in [4.69, 9.17) is 4.74 Å². The average Bonchev–Trinajstić information content (AvgIpc) is 3.26. The smallest absolute Gasteiger partial charge is 0.338 e. The summed E-state index contributed by atoms with van der Waals surface area (Å²) in [5.41, 5.74) is 0.727. The fraction of sp³-hybridized carbons (Fsp3) is 0.240. The van der Waals surface area contributed by atoms with Gasteiger partial charge in [-0.25, -0.2) is 9.18 Å². The highest BCUT2D eigenvalue weighted by Gasteiger charge is 2.21. The van der Waals surface area contributed by atoms with E-state index in [1.54, 1.807) is 54.8 Å². The molecule has 0 saturated heterocycles. The van der Waals surface area contributed by atoms with Gasteiger partial charge in [0.05, 0.1) is 29.5 Å². The Morgan fingerprint density at radius 3 is 2.69 bits per heavy atom. The predicted octanol–water partition coefficient (Wildman–Crippen LogP) is 4.00. The van der Waals surface area contributed by atoms with Gasteiger partial charge in [0.1, 0.15) is 5.82 Å². The van der Waals surface area contributed by atoms with Crippen molar-refractivity contribution in [3.05, 3.63) is 84.0 Å². The van der Waals surface area contributed by atoms with Gasteiger partial charge in [-0.2, -0.15) is 0 Å². The largest absolute Gasteiger partial charge is 0.462 e. The zero-order valence-corrected chi connectivity index (χ0v) is 20.7. The number of amides is 2. The third kappa shape index (κ3) is 6.79. The molecule has 1 atom stereocenters. The van der Waals surface area contributed by atoms with Gasteiger partial charge >= 0.3 is 5.97 Å². The van der Waals surface area contributed by atoms with Crippen LogP contribution in [0.4, 0.5) is 10.1 Å². The minimum atomic E-state index is -0.621. The molecule has 0 radical (unpaired) electrons. The van der Waals surface area contributed by atoms with Crippen molar-refractivity contribution in [3.8, 4) is 0 Å². The number of nitrogens with one attached hydrogen (secondary N) is 2. The summed E-state index contributed by atoms with van der Waals surface area (Å²) in [5, 5.41) is 14.2. The maximum atomic E-state index is 14.0. The first-order valence-electron chi connectivity index (χ1n) is 11.1. The van der Waals surface area contributed by atoms with Crippen molar-refractivity contribution in [2.45, 2.75) is 31.6 Å². The predicted molar refractivity (Wildman–Crippen MR) is 134 cm³/mol. The summed E-state index contributed by atoms with van der Waals surface area (Å²) in [6, 6.07) is 11.6. The van der Waals surface area contributed by atoms with Crippen LogP contribution in [0.15, 0.2) is 66.3 Å². The molecule has 0 spiro atoms. The number of rotatable bonds is 11. The molecule has 3 aromatic rings. The molecule has 2 amide bonds. The van der Waals surface area contributed by atoms with Crippen LogP contribution in [0, 0.1) is 5.82 Å². The first kappa shape index (κ1) is 26.6. The summed E-state index contributed by atoms with van der Waals surface area (Å²) >= 11 is 1.15. The van der Waals surface area contributed by atoms with Crippen LogP contribution >= 0.6 is 11.8 Å². The number of aromatic nitrogens is 3. The van der Waals surface area contributed by atoms with E-state index in [-0.39, 0.29) is 23.8 Å². The number of nitrogens with zero attached hydrogens (tertiary/aromatic N) is 3. The van der Waals surface area contributed by atoms with Crippen molar-refractivity contribution in [1.82, 2.24) is 20.1 Å². The maximum Gasteiger partial charge on any atom is 0.338 e. The van der Waals surface area contributed by atoms with Crippen molar-refractivity contribution in [1.29, 1.82) is 0 Å². The lowest BCUT2D eigenvalue weighted by atomic mass is 10.2. The lowest BCUT2D eigenvalue weighted by Gasteiger charge is -2.15. The summed E-state index contributed by atoms with van der Waals surface area (Å²) in [7, 11) is 0. The third-order valence-corrected chi connectivity index (χ3v) is 5.87. The number of anilines is 1. The summed E-state index contributed by atoms with van der Waals surface area (Å²) in [6.45, 7) is 7.77. The third-order valence-electron chi connectivity index (χ3n) is 4.90. The molecule has 9 nitrogen and oxygen atoms in total. The number of hydrogen-bond acceptors (Lipinski definition) is 7. The second-order valence-corrected chi connectivity index (χ2v) is 8.50. The number of hydrogen-bond donors (Lipinski definition) is 2. The van der Waals surface area contributed by atoms with Crippen LogP contribution in [-0.2, 0) is 16.1 Å². The number of carbonyl (C=O) groups is 3. The molecule has 11 heteroatoms. The number of benzene rings is 2. The topological polar surface area (TPSA) is 115 Å². The Morgan fingerprint density at radius 2 is 1.97 bits per heavy atom. The van der Waals surface area contributed by atoms with Crippen LogP contribution in [0.1, 0.15) is 46.4 Å². The van der Waals surface area contributed by atoms with Gasteiger partial charge in [0.2, 0.25) is 5.91 Å². The maximum absolute atomic E-state index is 14.0. The van der Waals surface area contributed by atoms with Crippen LogP contribution in [0.25, 0.3) is 0 Å². The van der Waals surface area contributed by atoms with E-state index in [9.17, 15) is 18.8 Å². The van der Waals surface area contributed by atoms with Gasteiger partial charge in [0, 0.05) is 12.2 Å². The molecular formula is C25H26FN5O4S. The van der Waals surface area contributed by atoms with Crippen molar-refractivity contribution in [2.24, 2.45) is 0 Å². The van der Waals surface area contributed by atoms with Gasteiger partial charge in [0.25, 0.3) is 5.91 Å². The van der Waals surface area contributed by atoms with E-state index in [2.05, 4.69) is 27.4 Å². The molecule has 3 rings (SSSR count). The molecule has 0 saturated carbocycles. The minimum Gasteiger partial charge on any atom is -0.462 e. The Labute approximate surface area is 212 Å². The fourth-order valence-electron chi connectivity index (χ4n) is 3.28. The van der Waals surface area contributed by atoms with Crippen molar-refractivity contribution < 1.29 is 23.5 Å². The molecule has 2 aromatic carbocycles. The highest BCUT2D eigenvalue weighted by molar-refractivity contribution is 7.99. The fourth-order valence-corrected chi connectivity index (χ4v) is 4.03. The second-order valence-electron chi connectivity index (χ2n) is 7.55. The first-order chi connectivity index (χ1) is 17.3. The Hall–Kier alpha value is -3.99. The van der Waals surface area contributed by atoms with Gasteiger partial charge < -0.3 is 19.9 Å². The van der Waals surface area contributed by atoms with Crippen molar-refractivity contribution in [3.63, 3.8) is 0 Å². The van der Waals surface area contributed by atoms with E-state index >= 15 is 0 Å². The molecule has 0 bridgehead atoms. The Morgan fingerprint density at radius 1 is 1.19 bits per heavy atom. The second kappa shape index (κ2) is 12.6. The van der Waals surface area contributed by atoms with Crippen molar-refractivity contribution >= 4 is 35.2 Å². The van der Waals surface area contributed by atoms with E-state index in [1.165, 1.54) is 18.2 Å². The number of allylic oxidation sites excluding steroid dienone is 1. The number of carbonyl (C=O) groups excluding carboxylic acids is 3. The van der Waals surface area contributed by atoms with Gasteiger partial charge in [-0.15, -0.1) is 16.8 Å². The van der Waals surface area contributed by atoms with Gasteiger partial charge in [0.15, 0.2) is 11.0 Å². The van der Waals surface area contributed by atoms with Crippen LogP contribution in [0.3, 0.4) is 0 Å². The SMILES string of the molecule is C=CCn1c(SCC(=O)Nc2cccc(C(=O)OCC)c2)nnc1[C@@H](C)NC(=O)c1ccccc1F. The van der Waals surface area contributed by atoms with Crippen LogP contribution < -0.4 is 10.6 Å². The molecule has 188 valence electrons. The molecular weight excluding hydrogens is 485 g/mol.